The van der Waals surface area contributed by atoms with Crippen LogP contribution < -0.4 is 10.1 Å². The first-order valence-electron chi connectivity index (χ1n) is 5.96. The van der Waals surface area contributed by atoms with Crippen LogP contribution in [0, 0.1) is 18.6 Å². The van der Waals surface area contributed by atoms with Gasteiger partial charge in [-0.3, -0.25) is 0 Å². The Hall–Kier alpha value is -1.94. The third kappa shape index (κ3) is 3.51. The molecule has 100 valence electrons. The molecule has 0 spiro atoms. The van der Waals surface area contributed by atoms with E-state index in [-0.39, 0.29) is 11.6 Å². The van der Waals surface area contributed by atoms with E-state index in [1.807, 2.05) is 0 Å². The monoisotopic (exact) mass is 263 g/mol. The molecule has 2 nitrogen and oxygen atoms in total. The van der Waals surface area contributed by atoms with Crippen LogP contribution in [0.5, 0.6) is 11.5 Å². The molecule has 4 heteroatoms. The van der Waals surface area contributed by atoms with Crippen molar-refractivity contribution in [1.82, 2.24) is 5.32 Å². The average molecular weight is 263 g/mol. The first-order chi connectivity index (χ1) is 9.08. The van der Waals surface area contributed by atoms with Gasteiger partial charge in [-0.1, -0.05) is 6.07 Å². The fourth-order valence-corrected chi connectivity index (χ4v) is 1.76. The van der Waals surface area contributed by atoms with Gasteiger partial charge < -0.3 is 10.1 Å². The molecule has 0 atom stereocenters. The summed E-state index contributed by atoms with van der Waals surface area (Å²) in [6.07, 6.45) is 0. The second-order valence-electron chi connectivity index (χ2n) is 4.34. The number of ether oxygens (including phenoxy) is 1. The summed E-state index contributed by atoms with van der Waals surface area (Å²) in [4.78, 5) is 0. The lowest BCUT2D eigenvalue weighted by molar-refractivity contribution is 0.469. The van der Waals surface area contributed by atoms with Crippen LogP contribution in [-0.2, 0) is 6.54 Å². The maximum absolute atomic E-state index is 13.4. The van der Waals surface area contributed by atoms with E-state index in [1.54, 1.807) is 32.2 Å². The highest BCUT2D eigenvalue weighted by atomic mass is 19.1. The van der Waals surface area contributed by atoms with Crippen molar-refractivity contribution < 1.29 is 13.5 Å². The Morgan fingerprint density at radius 1 is 1.05 bits per heavy atom. The highest BCUT2D eigenvalue weighted by molar-refractivity contribution is 5.36. The van der Waals surface area contributed by atoms with Crippen molar-refractivity contribution in [3.63, 3.8) is 0 Å². The zero-order chi connectivity index (χ0) is 13.8. The molecule has 0 heterocycles. The Labute approximate surface area is 111 Å². The van der Waals surface area contributed by atoms with Crippen molar-refractivity contribution in [2.45, 2.75) is 13.5 Å². The summed E-state index contributed by atoms with van der Waals surface area (Å²) in [5.41, 5.74) is 1.31. The molecule has 1 N–H and O–H groups in total. The van der Waals surface area contributed by atoms with Gasteiger partial charge in [0.1, 0.15) is 23.1 Å². The maximum atomic E-state index is 13.4. The molecule has 0 fully saturated rings. The number of hydrogen-bond acceptors (Lipinski definition) is 2. The van der Waals surface area contributed by atoms with Crippen molar-refractivity contribution in [2.75, 3.05) is 7.05 Å². The van der Waals surface area contributed by atoms with E-state index in [9.17, 15) is 8.78 Å². The smallest absolute Gasteiger partial charge is 0.130 e. The van der Waals surface area contributed by atoms with E-state index < -0.39 is 0 Å². The number of halogens is 2. The molecule has 0 saturated heterocycles. The molecule has 0 unspecified atom stereocenters. The topological polar surface area (TPSA) is 21.3 Å². The summed E-state index contributed by atoms with van der Waals surface area (Å²) in [6.45, 7) is 2.21. The minimum atomic E-state index is -0.379. The SMILES string of the molecule is CNCc1cc(F)cc(Oc2ccc(C)c(F)c2)c1. The summed E-state index contributed by atoms with van der Waals surface area (Å²) in [5, 5.41) is 2.94. The van der Waals surface area contributed by atoms with Gasteiger partial charge in [0, 0.05) is 18.7 Å². The Balaban J connectivity index is 2.24. The van der Waals surface area contributed by atoms with Crippen LogP contribution in [0.2, 0.25) is 0 Å². The molecule has 0 bridgehead atoms. The molecule has 0 amide bonds. The molecular weight excluding hydrogens is 248 g/mol. The Bertz CT molecular complexity index is 584. The minimum Gasteiger partial charge on any atom is -0.457 e. The highest BCUT2D eigenvalue weighted by Gasteiger charge is 2.05. The van der Waals surface area contributed by atoms with E-state index in [4.69, 9.17) is 4.74 Å². The second kappa shape index (κ2) is 5.80. The van der Waals surface area contributed by atoms with Crippen LogP contribution in [0.25, 0.3) is 0 Å². The van der Waals surface area contributed by atoms with Gasteiger partial charge in [-0.2, -0.15) is 0 Å². The summed E-state index contributed by atoms with van der Waals surface area (Å²) in [5.74, 6) is -0.0164. The summed E-state index contributed by atoms with van der Waals surface area (Å²) < 4.78 is 32.3. The number of aryl methyl sites for hydroxylation is 1. The number of rotatable bonds is 4. The molecule has 2 aromatic carbocycles. The van der Waals surface area contributed by atoms with Crippen molar-refractivity contribution in [2.24, 2.45) is 0 Å². The molecule has 0 aromatic heterocycles. The molecule has 0 saturated carbocycles. The van der Waals surface area contributed by atoms with Crippen molar-refractivity contribution in [3.05, 3.63) is 59.2 Å². The summed E-state index contributed by atoms with van der Waals surface area (Å²) in [7, 11) is 1.78. The molecule has 2 rings (SSSR count). The number of benzene rings is 2. The van der Waals surface area contributed by atoms with Gasteiger partial charge in [-0.25, -0.2) is 8.78 Å². The van der Waals surface area contributed by atoms with Gasteiger partial charge in [0.2, 0.25) is 0 Å². The van der Waals surface area contributed by atoms with Crippen molar-refractivity contribution >= 4 is 0 Å². The van der Waals surface area contributed by atoms with Crippen LogP contribution in [0.1, 0.15) is 11.1 Å². The first kappa shape index (κ1) is 13.5. The van der Waals surface area contributed by atoms with Gasteiger partial charge in [0.25, 0.3) is 0 Å². The fourth-order valence-electron chi connectivity index (χ4n) is 1.76. The van der Waals surface area contributed by atoms with Gasteiger partial charge >= 0.3 is 0 Å². The molecule has 0 aliphatic heterocycles. The number of nitrogens with one attached hydrogen (secondary N) is 1. The number of hydrogen-bond donors (Lipinski definition) is 1. The fraction of sp³-hybridized carbons (Fsp3) is 0.200. The molecular formula is C15H15F2NO. The zero-order valence-electron chi connectivity index (χ0n) is 10.8. The van der Waals surface area contributed by atoms with Gasteiger partial charge in [-0.05, 0) is 43.3 Å². The standard InChI is InChI=1S/C15H15F2NO/c1-10-3-4-13(8-15(10)17)19-14-6-11(9-18-2)5-12(16)7-14/h3-8,18H,9H2,1-2H3. The lowest BCUT2D eigenvalue weighted by Crippen LogP contribution is -2.05. The van der Waals surface area contributed by atoms with Gasteiger partial charge in [-0.15, -0.1) is 0 Å². The Kier molecular flexibility index (Phi) is 4.12. The van der Waals surface area contributed by atoms with Crippen LogP contribution in [0.15, 0.2) is 36.4 Å². The van der Waals surface area contributed by atoms with E-state index in [0.29, 0.717) is 23.6 Å². The van der Waals surface area contributed by atoms with Crippen LogP contribution in [-0.4, -0.2) is 7.05 Å². The van der Waals surface area contributed by atoms with Crippen molar-refractivity contribution in [3.8, 4) is 11.5 Å². The highest BCUT2D eigenvalue weighted by Crippen LogP contribution is 2.25. The Morgan fingerprint density at radius 2 is 1.84 bits per heavy atom. The maximum Gasteiger partial charge on any atom is 0.130 e. The van der Waals surface area contributed by atoms with Crippen LogP contribution in [0.3, 0.4) is 0 Å². The van der Waals surface area contributed by atoms with E-state index >= 15 is 0 Å². The Morgan fingerprint density at radius 3 is 2.53 bits per heavy atom. The molecule has 0 aliphatic carbocycles. The van der Waals surface area contributed by atoms with Crippen LogP contribution >= 0.6 is 0 Å². The largest absolute Gasteiger partial charge is 0.457 e. The summed E-state index contributed by atoms with van der Waals surface area (Å²) in [6, 6.07) is 8.99. The van der Waals surface area contributed by atoms with Crippen molar-refractivity contribution in [1.29, 1.82) is 0 Å². The van der Waals surface area contributed by atoms with E-state index in [0.717, 1.165) is 5.56 Å². The quantitative estimate of drug-likeness (QED) is 0.906. The minimum absolute atomic E-state index is 0.343. The normalized spacial score (nSPS) is 10.5. The third-order valence-electron chi connectivity index (χ3n) is 2.69. The van der Waals surface area contributed by atoms with Gasteiger partial charge in [0.15, 0.2) is 0 Å². The molecule has 0 radical (unpaired) electrons. The predicted molar refractivity (Wildman–Crippen MR) is 70.4 cm³/mol. The zero-order valence-corrected chi connectivity index (χ0v) is 10.8. The molecule has 2 aromatic rings. The first-order valence-corrected chi connectivity index (χ1v) is 5.96. The summed E-state index contributed by atoms with van der Waals surface area (Å²) >= 11 is 0. The van der Waals surface area contributed by atoms with Gasteiger partial charge in [0.05, 0.1) is 0 Å². The van der Waals surface area contributed by atoms with Crippen LogP contribution in [0.4, 0.5) is 8.78 Å². The third-order valence-corrected chi connectivity index (χ3v) is 2.69. The molecule has 0 aliphatic rings. The predicted octanol–water partition coefficient (Wildman–Crippen LogP) is 3.78. The average Bonchev–Trinajstić information content (AvgIpc) is 2.33. The second-order valence-corrected chi connectivity index (χ2v) is 4.34. The van der Waals surface area contributed by atoms with E-state index in [1.165, 1.54) is 18.2 Å². The lowest BCUT2D eigenvalue weighted by Gasteiger charge is -2.09. The lowest BCUT2D eigenvalue weighted by atomic mass is 10.2. The molecule has 19 heavy (non-hydrogen) atoms. The van der Waals surface area contributed by atoms with E-state index in [2.05, 4.69) is 5.32 Å².